The second-order valence-electron chi connectivity index (χ2n) is 5.50. The lowest BCUT2D eigenvalue weighted by Crippen LogP contribution is -2.39. The molecule has 0 amide bonds. The lowest BCUT2D eigenvalue weighted by Gasteiger charge is -2.30. The average Bonchev–Trinajstić information content (AvgIpc) is 2.44. The number of rotatable bonds is 7. The number of carboxylic acid groups (broad SMARTS) is 2. The minimum atomic E-state index is -1.68. The zero-order valence-corrected chi connectivity index (χ0v) is 11.9. The molecule has 0 aromatic rings. The molecule has 1 fully saturated rings. The molecule has 0 saturated heterocycles. The van der Waals surface area contributed by atoms with Crippen molar-refractivity contribution in [1.29, 1.82) is 0 Å². The summed E-state index contributed by atoms with van der Waals surface area (Å²) in [6.07, 6.45) is 4.38. The molecule has 112 valence electrons. The largest absolute Gasteiger partial charge is 0.481 e. The Balaban J connectivity index is 2.94. The Morgan fingerprint density at radius 1 is 1.15 bits per heavy atom. The second kappa shape index (κ2) is 6.68. The van der Waals surface area contributed by atoms with Gasteiger partial charge in [0, 0.05) is 17.9 Å². The summed E-state index contributed by atoms with van der Waals surface area (Å²) in [5, 5.41) is 18.5. The maximum absolute atomic E-state index is 12.3. The predicted octanol–water partition coefficient (Wildman–Crippen LogP) is 2.65. The van der Waals surface area contributed by atoms with Crippen LogP contribution >= 0.6 is 0 Å². The average molecular weight is 282 g/mol. The molecule has 1 unspecified atom stereocenters. The Hall–Kier alpha value is -1.65. The molecular formula is C15H22O5. The van der Waals surface area contributed by atoms with Crippen molar-refractivity contribution in [2.45, 2.75) is 51.9 Å². The maximum atomic E-state index is 12.3. The molecule has 0 radical (unpaired) electrons. The van der Waals surface area contributed by atoms with Crippen LogP contribution in [0.2, 0.25) is 0 Å². The van der Waals surface area contributed by atoms with Gasteiger partial charge in [0.15, 0.2) is 0 Å². The standard InChI is InChI=1S/C15H22O5/c1-3-15(14(19)20,10(2)13(17)18)9-12(16)11-7-5-4-6-8-11/h11H,2-9H2,1H3,(H,17,18)(H,19,20). The first kappa shape index (κ1) is 16.4. The van der Waals surface area contributed by atoms with Gasteiger partial charge < -0.3 is 10.2 Å². The number of Topliss-reactive ketones (excluding diaryl/α,β-unsaturated/α-hetero) is 1. The zero-order valence-electron chi connectivity index (χ0n) is 11.9. The number of carboxylic acids is 2. The Morgan fingerprint density at radius 2 is 1.70 bits per heavy atom. The van der Waals surface area contributed by atoms with Crippen molar-refractivity contribution in [3.05, 3.63) is 12.2 Å². The lowest BCUT2D eigenvalue weighted by molar-refractivity contribution is -0.152. The van der Waals surface area contributed by atoms with Crippen molar-refractivity contribution in [1.82, 2.24) is 0 Å². The molecule has 1 rings (SSSR count). The number of aliphatic carboxylic acids is 2. The van der Waals surface area contributed by atoms with Crippen LogP contribution in [-0.2, 0) is 14.4 Å². The van der Waals surface area contributed by atoms with Crippen molar-refractivity contribution in [3.8, 4) is 0 Å². The van der Waals surface area contributed by atoms with Crippen LogP contribution in [0.1, 0.15) is 51.9 Å². The Morgan fingerprint density at radius 3 is 2.10 bits per heavy atom. The fourth-order valence-corrected chi connectivity index (χ4v) is 2.87. The normalized spacial score (nSPS) is 19.1. The monoisotopic (exact) mass is 282 g/mol. The van der Waals surface area contributed by atoms with E-state index in [2.05, 4.69) is 6.58 Å². The Bertz CT molecular complexity index is 420. The van der Waals surface area contributed by atoms with Crippen LogP contribution in [0.3, 0.4) is 0 Å². The molecule has 0 bridgehead atoms. The molecule has 0 aromatic heterocycles. The molecule has 1 atom stereocenters. The van der Waals surface area contributed by atoms with Gasteiger partial charge >= 0.3 is 11.9 Å². The molecule has 5 heteroatoms. The van der Waals surface area contributed by atoms with Crippen LogP contribution in [0, 0.1) is 11.3 Å². The summed E-state index contributed by atoms with van der Waals surface area (Å²) in [6, 6.07) is 0. The maximum Gasteiger partial charge on any atom is 0.332 e. The molecule has 2 N–H and O–H groups in total. The fraction of sp³-hybridized carbons (Fsp3) is 0.667. The lowest BCUT2D eigenvalue weighted by atomic mass is 9.71. The van der Waals surface area contributed by atoms with Gasteiger partial charge in [0.2, 0.25) is 0 Å². The number of ketones is 1. The summed E-state index contributed by atoms with van der Waals surface area (Å²) in [5.41, 5.74) is -2.09. The van der Waals surface area contributed by atoms with Gasteiger partial charge in [0.25, 0.3) is 0 Å². The third kappa shape index (κ3) is 3.26. The van der Waals surface area contributed by atoms with Crippen molar-refractivity contribution in [2.24, 2.45) is 11.3 Å². The van der Waals surface area contributed by atoms with Crippen LogP contribution in [-0.4, -0.2) is 27.9 Å². The third-order valence-electron chi connectivity index (χ3n) is 4.39. The first-order chi connectivity index (χ1) is 9.35. The Kier molecular flexibility index (Phi) is 5.48. The van der Waals surface area contributed by atoms with Crippen molar-refractivity contribution in [2.75, 3.05) is 0 Å². The van der Waals surface area contributed by atoms with Gasteiger partial charge in [-0.15, -0.1) is 0 Å². The topological polar surface area (TPSA) is 91.7 Å². The van der Waals surface area contributed by atoms with Gasteiger partial charge in [0.05, 0.1) is 0 Å². The second-order valence-corrected chi connectivity index (χ2v) is 5.50. The summed E-state index contributed by atoms with van der Waals surface area (Å²) in [4.78, 5) is 34.9. The summed E-state index contributed by atoms with van der Waals surface area (Å²) in [6.45, 7) is 4.96. The summed E-state index contributed by atoms with van der Waals surface area (Å²) < 4.78 is 0. The van der Waals surface area contributed by atoms with Gasteiger partial charge in [-0.05, 0) is 19.3 Å². The highest BCUT2D eigenvalue weighted by atomic mass is 16.4. The first-order valence-corrected chi connectivity index (χ1v) is 7.04. The first-order valence-electron chi connectivity index (χ1n) is 7.04. The highest BCUT2D eigenvalue weighted by molar-refractivity contribution is 5.99. The minimum Gasteiger partial charge on any atom is -0.481 e. The molecule has 1 aliphatic rings. The number of hydrogen-bond acceptors (Lipinski definition) is 3. The van der Waals surface area contributed by atoms with Gasteiger partial charge in [-0.2, -0.15) is 0 Å². The third-order valence-corrected chi connectivity index (χ3v) is 4.39. The summed E-state index contributed by atoms with van der Waals surface area (Å²) in [7, 11) is 0. The minimum absolute atomic E-state index is 0.0475. The van der Waals surface area contributed by atoms with E-state index in [-0.39, 0.29) is 24.5 Å². The van der Waals surface area contributed by atoms with E-state index in [9.17, 15) is 19.5 Å². The van der Waals surface area contributed by atoms with Crippen LogP contribution in [0.15, 0.2) is 12.2 Å². The van der Waals surface area contributed by atoms with E-state index in [1.54, 1.807) is 6.92 Å². The smallest absolute Gasteiger partial charge is 0.332 e. The molecule has 0 heterocycles. The van der Waals surface area contributed by atoms with Crippen molar-refractivity contribution >= 4 is 17.7 Å². The fourth-order valence-electron chi connectivity index (χ4n) is 2.87. The summed E-state index contributed by atoms with van der Waals surface area (Å²) >= 11 is 0. The van der Waals surface area contributed by atoms with E-state index in [0.717, 1.165) is 32.1 Å². The van der Waals surface area contributed by atoms with Crippen LogP contribution in [0.4, 0.5) is 0 Å². The summed E-state index contributed by atoms with van der Waals surface area (Å²) in [5.74, 6) is -2.91. The van der Waals surface area contributed by atoms with Crippen molar-refractivity contribution in [3.63, 3.8) is 0 Å². The van der Waals surface area contributed by atoms with Crippen LogP contribution in [0.25, 0.3) is 0 Å². The van der Waals surface area contributed by atoms with Gasteiger partial charge in [-0.1, -0.05) is 32.8 Å². The van der Waals surface area contributed by atoms with E-state index in [4.69, 9.17) is 5.11 Å². The molecule has 0 aromatic carbocycles. The van der Waals surface area contributed by atoms with E-state index in [1.807, 2.05) is 0 Å². The molecule has 20 heavy (non-hydrogen) atoms. The van der Waals surface area contributed by atoms with Crippen molar-refractivity contribution < 1.29 is 24.6 Å². The van der Waals surface area contributed by atoms with Crippen LogP contribution < -0.4 is 0 Å². The molecular weight excluding hydrogens is 260 g/mol. The molecule has 0 spiro atoms. The molecule has 5 nitrogen and oxygen atoms in total. The predicted molar refractivity (Wildman–Crippen MR) is 73.3 cm³/mol. The zero-order chi connectivity index (χ0) is 15.3. The van der Waals surface area contributed by atoms with E-state index < -0.39 is 22.9 Å². The van der Waals surface area contributed by atoms with Gasteiger partial charge in [-0.3, -0.25) is 9.59 Å². The SMILES string of the molecule is C=C(C(=O)O)C(CC)(CC(=O)C1CCCCC1)C(=O)O. The van der Waals surface area contributed by atoms with E-state index in [1.165, 1.54) is 0 Å². The van der Waals surface area contributed by atoms with Gasteiger partial charge in [0.1, 0.15) is 11.2 Å². The highest BCUT2D eigenvalue weighted by Crippen LogP contribution is 2.38. The van der Waals surface area contributed by atoms with E-state index >= 15 is 0 Å². The number of carbonyl (C=O) groups excluding carboxylic acids is 1. The quantitative estimate of drug-likeness (QED) is 0.700. The van der Waals surface area contributed by atoms with Gasteiger partial charge in [-0.25, -0.2) is 4.79 Å². The van der Waals surface area contributed by atoms with Crippen LogP contribution in [0.5, 0.6) is 0 Å². The van der Waals surface area contributed by atoms with E-state index in [0.29, 0.717) is 0 Å². The number of carbonyl (C=O) groups is 3. The Labute approximate surface area is 118 Å². The molecule has 1 saturated carbocycles. The molecule has 1 aliphatic carbocycles. The molecule has 0 aliphatic heterocycles. The highest BCUT2D eigenvalue weighted by Gasteiger charge is 2.45. The number of hydrogen-bond donors (Lipinski definition) is 2.